The number of carbonyl (C=O) groups is 1. The van der Waals surface area contributed by atoms with Crippen molar-refractivity contribution in [3.63, 3.8) is 0 Å². The van der Waals surface area contributed by atoms with Gasteiger partial charge in [0.05, 0.1) is 10.4 Å². The van der Waals surface area contributed by atoms with Gasteiger partial charge in [-0.3, -0.25) is 0 Å². The van der Waals surface area contributed by atoms with Gasteiger partial charge in [0, 0.05) is 11.6 Å². The van der Waals surface area contributed by atoms with Crippen molar-refractivity contribution in [1.82, 2.24) is 15.2 Å². The minimum atomic E-state index is -1.10. The molecular weight excluding hydrogens is 274 g/mol. The van der Waals surface area contributed by atoms with E-state index in [-0.39, 0.29) is 5.69 Å². The van der Waals surface area contributed by atoms with Crippen molar-refractivity contribution in [2.24, 2.45) is 0 Å². The molecule has 0 saturated carbocycles. The number of hydrogen-bond acceptors (Lipinski definition) is 5. The maximum Gasteiger partial charge on any atom is 0.357 e. The third-order valence-electron chi connectivity index (χ3n) is 2.67. The Morgan fingerprint density at radius 3 is 2.60 bits per heavy atom. The van der Waals surface area contributed by atoms with E-state index in [1.165, 1.54) is 11.8 Å². The number of rotatable bonds is 3. The molecule has 20 heavy (non-hydrogen) atoms. The van der Waals surface area contributed by atoms with Crippen LogP contribution in [0, 0.1) is 0 Å². The Labute approximate surface area is 118 Å². The highest BCUT2D eigenvalue weighted by Crippen LogP contribution is 2.33. The van der Waals surface area contributed by atoms with Crippen LogP contribution < -0.4 is 0 Å². The topological polar surface area (TPSA) is 76.0 Å². The van der Waals surface area contributed by atoms with Crippen LogP contribution >= 0.6 is 11.8 Å². The van der Waals surface area contributed by atoms with Gasteiger partial charge >= 0.3 is 5.97 Å². The van der Waals surface area contributed by atoms with Crippen molar-refractivity contribution in [2.75, 3.05) is 0 Å². The maximum atomic E-state index is 11.3. The Balaban J connectivity index is 2.20. The molecule has 2 heterocycles. The summed E-state index contributed by atoms with van der Waals surface area (Å²) in [5, 5.41) is 18.5. The van der Waals surface area contributed by atoms with Crippen molar-refractivity contribution < 1.29 is 9.90 Å². The standard InChI is InChI=1S/C14H9N3O2S/c18-14(19)12-13(20-11-7-3-4-8-15-11)9-5-1-2-6-10(9)16-17-12/h1-8H,(H,18,19). The van der Waals surface area contributed by atoms with Gasteiger partial charge in [0.1, 0.15) is 5.03 Å². The summed E-state index contributed by atoms with van der Waals surface area (Å²) in [6.45, 7) is 0. The predicted octanol–water partition coefficient (Wildman–Crippen LogP) is 2.87. The normalized spacial score (nSPS) is 10.6. The second kappa shape index (κ2) is 5.26. The van der Waals surface area contributed by atoms with Crippen molar-refractivity contribution >= 4 is 28.6 Å². The Morgan fingerprint density at radius 1 is 1.05 bits per heavy atom. The summed E-state index contributed by atoms with van der Waals surface area (Å²) in [4.78, 5) is 16.1. The van der Waals surface area contributed by atoms with Crippen molar-refractivity contribution in [1.29, 1.82) is 0 Å². The number of aromatic carboxylic acids is 1. The Bertz CT molecular complexity index is 778. The van der Waals surface area contributed by atoms with E-state index >= 15 is 0 Å². The molecule has 0 aliphatic rings. The maximum absolute atomic E-state index is 11.3. The van der Waals surface area contributed by atoms with E-state index in [0.29, 0.717) is 15.4 Å². The quantitative estimate of drug-likeness (QED) is 0.796. The van der Waals surface area contributed by atoms with Crippen molar-refractivity contribution in [3.8, 4) is 0 Å². The van der Waals surface area contributed by atoms with E-state index in [9.17, 15) is 9.90 Å². The largest absolute Gasteiger partial charge is 0.476 e. The molecule has 1 N–H and O–H groups in total. The van der Waals surface area contributed by atoms with Crippen LogP contribution in [0.25, 0.3) is 10.9 Å². The van der Waals surface area contributed by atoms with Crippen LogP contribution in [0.4, 0.5) is 0 Å². The molecule has 0 saturated heterocycles. The predicted molar refractivity (Wildman–Crippen MR) is 74.9 cm³/mol. The number of benzene rings is 1. The van der Waals surface area contributed by atoms with Crippen molar-refractivity contribution in [2.45, 2.75) is 9.92 Å². The fourth-order valence-corrected chi connectivity index (χ4v) is 2.76. The molecule has 98 valence electrons. The third kappa shape index (κ3) is 2.33. The van der Waals surface area contributed by atoms with Gasteiger partial charge < -0.3 is 5.11 Å². The van der Waals surface area contributed by atoms with Crippen LogP contribution in [-0.4, -0.2) is 26.3 Å². The summed E-state index contributed by atoms with van der Waals surface area (Å²) in [6, 6.07) is 12.8. The van der Waals surface area contributed by atoms with E-state index in [4.69, 9.17) is 0 Å². The zero-order valence-corrected chi connectivity index (χ0v) is 11.0. The molecule has 0 amide bonds. The molecule has 0 spiro atoms. The molecule has 0 bridgehead atoms. The lowest BCUT2D eigenvalue weighted by molar-refractivity contribution is 0.0685. The molecule has 0 aliphatic heterocycles. The van der Waals surface area contributed by atoms with Gasteiger partial charge in [0.25, 0.3) is 0 Å². The molecule has 0 atom stereocenters. The summed E-state index contributed by atoms with van der Waals surface area (Å²) in [5.74, 6) is -1.10. The Morgan fingerprint density at radius 2 is 1.85 bits per heavy atom. The number of nitrogens with zero attached hydrogens (tertiary/aromatic N) is 3. The first kappa shape index (κ1) is 12.6. The zero-order valence-electron chi connectivity index (χ0n) is 10.2. The number of fused-ring (bicyclic) bond motifs is 1. The van der Waals surface area contributed by atoms with Gasteiger partial charge in [-0.1, -0.05) is 36.0 Å². The number of carboxylic acids is 1. The summed E-state index contributed by atoms with van der Waals surface area (Å²) >= 11 is 1.28. The second-order valence-corrected chi connectivity index (χ2v) is 5.00. The van der Waals surface area contributed by atoms with Crippen molar-refractivity contribution in [3.05, 3.63) is 54.4 Å². The highest BCUT2D eigenvalue weighted by Gasteiger charge is 2.17. The van der Waals surface area contributed by atoms with Gasteiger partial charge in [0.2, 0.25) is 0 Å². The fraction of sp³-hybridized carbons (Fsp3) is 0. The Kier molecular flexibility index (Phi) is 3.30. The van der Waals surface area contributed by atoms with E-state index in [1.807, 2.05) is 36.4 Å². The van der Waals surface area contributed by atoms with Crippen LogP contribution in [0.1, 0.15) is 10.5 Å². The van der Waals surface area contributed by atoms with Crippen LogP contribution in [0.15, 0.2) is 58.6 Å². The van der Waals surface area contributed by atoms with Gasteiger partial charge in [-0.05, 0) is 18.2 Å². The summed E-state index contributed by atoms with van der Waals surface area (Å²) in [7, 11) is 0. The minimum absolute atomic E-state index is 0.0562. The average molecular weight is 283 g/mol. The minimum Gasteiger partial charge on any atom is -0.476 e. The lowest BCUT2D eigenvalue weighted by Crippen LogP contribution is -2.05. The lowest BCUT2D eigenvalue weighted by Gasteiger charge is -2.07. The van der Waals surface area contributed by atoms with Gasteiger partial charge in [0.15, 0.2) is 5.69 Å². The molecule has 6 heteroatoms. The Hall–Kier alpha value is -2.47. The molecule has 0 radical (unpaired) electrons. The summed E-state index contributed by atoms with van der Waals surface area (Å²) in [5.41, 5.74) is 0.607. The average Bonchev–Trinajstić information content (AvgIpc) is 2.48. The van der Waals surface area contributed by atoms with E-state index in [2.05, 4.69) is 15.2 Å². The van der Waals surface area contributed by atoms with Crippen LogP contribution in [0.3, 0.4) is 0 Å². The highest BCUT2D eigenvalue weighted by atomic mass is 32.2. The number of aromatic nitrogens is 3. The molecule has 3 aromatic rings. The van der Waals surface area contributed by atoms with E-state index < -0.39 is 5.97 Å². The fourth-order valence-electron chi connectivity index (χ4n) is 1.78. The monoisotopic (exact) mass is 283 g/mol. The molecule has 0 aliphatic carbocycles. The number of carboxylic acid groups (broad SMARTS) is 1. The lowest BCUT2D eigenvalue weighted by atomic mass is 10.2. The van der Waals surface area contributed by atoms with Gasteiger partial charge in [-0.25, -0.2) is 9.78 Å². The molecule has 5 nitrogen and oxygen atoms in total. The summed E-state index contributed by atoms with van der Waals surface area (Å²) in [6.07, 6.45) is 1.67. The van der Waals surface area contributed by atoms with Gasteiger partial charge in [-0.2, -0.15) is 0 Å². The number of pyridine rings is 1. The molecule has 3 rings (SSSR count). The highest BCUT2D eigenvalue weighted by molar-refractivity contribution is 7.99. The molecular formula is C14H9N3O2S. The smallest absolute Gasteiger partial charge is 0.357 e. The van der Waals surface area contributed by atoms with Crippen LogP contribution in [0.5, 0.6) is 0 Å². The van der Waals surface area contributed by atoms with Crippen LogP contribution in [0.2, 0.25) is 0 Å². The van der Waals surface area contributed by atoms with Gasteiger partial charge in [-0.15, -0.1) is 10.2 Å². The van der Waals surface area contributed by atoms with E-state index in [0.717, 1.165) is 5.39 Å². The first-order valence-corrected chi connectivity index (χ1v) is 6.65. The zero-order chi connectivity index (χ0) is 13.9. The number of hydrogen-bond donors (Lipinski definition) is 1. The molecule has 0 fully saturated rings. The molecule has 2 aromatic heterocycles. The van der Waals surface area contributed by atoms with Crippen LogP contribution in [-0.2, 0) is 0 Å². The molecule has 1 aromatic carbocycles. The summed E-state index contributed by atoms with van der Waals surface area (Å²) < 4.78 is 0. The second-order valence-electron chi connectivity index (χ2n) is 3.97. The first-order valence-electron chi connectivity index (χ1n) is 5.83. The SMILES string of the molecule is O=C(O)c1nnc2ccccc2c1Sc1ccccn1. The third-order valence-corrected chi connectivity index (χ3v) is 3.74. The van der Waals surface area contributed by atoms with E-state index in [1.54, 1.807) is 12.3 Å². The molecule has 0 unspecified atom stereocenters. The first-order chi connectivity index (χ1) is 9.75.